The summed E-state index contributed by atoms with van der Waals surface area (Å²) in [4.78, 5) is 46.4. The molecule has 0 aliphatic heterocycles. The third-order valence-electron chi connectivity index (χ3n) is 10.6. The first kappa shape index (κ1) is 23.6. The van der Waals surface area contributed by atoms with E-state index in [1.165, 1.54) is 7.11 Å². The van der Waals surface area contributed by atoms with E-state index in [0.29, 0.717) is 18.1 Å². The van der Waals surface area contributed by atoms with Gasteiger partial charge in [0, 0.05) is 35.6 Å². The molecule has 0 saturated heterocycles. The van der Waals surface area contributed by atoms with Crippen LogP contribution in [0.4, 0.5) is 0 Å². The second-order valence-corrected chi connectivity index (χ2v) is 12.5. The van der Waals surface area contributed by atoms with E-state index < -0.39 is 17.4 Å². The standard InChI is InChI=1S/C27H39N3O4/c1-24-10-6-20-25(2)8-5-9-26(3,19(25)7-11-27(20,15-24)13-21(24)31)23(33)30-18(22(32)34-4)12-17-14-28-16-29-17/h14,16,18-20H,5-13,15H2,1-4H3,(H,28,29)(H,30,33)/t18-,19-,20-,24-,25+,26+,27-/m0/s1. The minimum absolute atomic E-state index is 0.0404. The lowest BCUT2D eigenvalue weighted by Gasteiger charge is -2.64. The van der Waals surface area contributed by atoms with Crippen molar-refractivity contribution >= 4 is 17.7 Å². The van der Waals surface area contributed by atoms with Gasteiger partial charge in [-0.2, -0.15) is 0 Å². The van der Waals surface area contributed by atoms with Gasteiger partial charge in [0.2, 0.25) is 5.91 Å². The summed E-state index contributed by atoms with van der Waals surface area (Å²) in [5.74, 6) is 0.719. The Morgan fingerprint density at radius 3 is 2.65 bits per heavy atom. The average molecular weight is 470 g/mol. The highest BCUT2D eigenvalue weighted by Gasteiger charge is 2.68. The molecule has 186 valence electrons. The van der Waals surface area contributed by atoms with Crippen molar-refractivity contribution in [2.24, 2.45) is 33.5 Å². The number of esters is 1. The van der Waals surface area contributed by atoms with E-state index in [1.807, 2.05) is 0 Å². The predicted molar refractivity (Wildman–Crippen MR) is 127 cm³/mol. The number of nitrogens with one attached hydrogen (secondary N) is 2. The first-order valence-corrected chi connectivity index (χ1v) is 13.0. The van der Waals surface area contributed by atoms with Crippen LogP contribution in [0.25, 0.3) is 0 Å². The molecular formula is C27H39N3O4. The van der Waals surface area contributed by atoms with Crippen molar-refractivity contribution in [3.63, 3.8) is 0 Å². The molecule has 0 aromatic carbocycles. The van der Waals surface area contributed by atoms with E-state index >= 15 is 0 Å². The number of Topliss-reactive ketones (excluding diaryl/α,β-unsaturated/α-hetero) is 1. The van der Waals surface area contributed by atoms with Gasteiger partial charge in [0.05, 0.1) is 13.4 Å². The van der Waals surface area contributed by atoms with Gasteiger partial charge in [-0.05, 0) is 67.6 Å². The van der Waals surface area contributed by atoms with Gasteiger partial charge in [-0.3, -0.25) is 9.59 Å². The van der Waals surface area contributed by atoms with E-state index in [1.54, 1.807) is 12.5 Å². The molecule has 2 bridgehead atoms. The van der Waals surface area contributed by atoms with Gasteiger partial charge in [0.25, 0.3) is 0 Å². The number of carbonyl (C=O) groups is 3. The molecule has 7 heteroatoms. The van der Waals surface area contributed by atoms with E-state index in [4.69, 9.17) is 4.74 Å². The van der Waals surface area contributed by atoms with E-state index in [-0.39, 0.29) is 28.1 Å². The van der Waals surface area contributed by atoms with Crippen LogP contribution >= 0.6 is 0 Å². The monoisotopic (exact) mass is 469 g/mol. The van der Waals surface area contributed by atoms with Crippen LogP contribution in [0.5, 0.6) is 0 Å². The zero-order valence-corrected chi connectivity index (χ0v) is 21.0. The van der Waals surface area contributed by atoms with E-state index in [2.05, 4.69) is 36.1 Å². The Kier molecular flexibility index (Phi) is 5.49. The van der Waals surface area contributed by atoms with E-state index in [9.17, 15) is 14.4 Å². The molecule has 1 aromatic rings. The lowest BCUT2D eigenvalue weighted by atomic mass is 9.40. The number of aromatic nitrogens is 2. The van der Waals surface area contributed by atoms with Crippen molar-refractivity contribution in [3.8, 4) is 0 Å². The summed E-state index contributed by atoms with van der Waals surface area (Å²) in [6, 6.07) is -0.749. The van der Waals surface area contributed by atoms with Crippen molar-refractivity contribution in [2.75, 3.05) is 7.11 Å². The zero-order valence-electron chi connectivity index (χ0n) is 21.0. The summed E-state index contributed by atoms with van der Waals surface area (Å²) < 4.78 is 5.01. The molecule has 1 aromatic heterocycles. The minimum atomic E-state index is -0.749. The van der Waals surface area contributed by atoms with Crippen LogP contribution in [0.15, 0.2) is 12.5 Å². The largest absolute Gasteiger partial charge is 0.467 e. The van der Waals surface area contributed by atoms with Gasteiger partial charge < -0.3 is 15.0 Å². The zero-order chi connectivity index (χ0) is 24.4. The van der Waals surface area contributed by atoms with Crippen LogP contribution in [-0.2, 0) is 25.5 Å². The number of ketones is 1. The second kappa shape index (κ2) is 7.92. The number of imidazole rings is 1. The Morgan fingerprint density at radius 1 is 1.18 bits per heavy atom. The van der Waals surface area contributed by atoms with Crippen molar-refractivity contribution in [1.29, 1.82) is 0 Å². The lowest BCUT2D eigenvalue weighted by Crippen LogP contribution is -2.61. The SMILES string of the molecule is COC(=O)[C@H](Cc1cnc[nH]1)NC(=O)[C@]1(C)CCC[C@@]2(C)[C@@H]3CC[C@@]4(C)C[C@]3(CC[C@@H]21)CC4=O. The highest BCUT2D eigenvalue weighted by atomic mass is 16.5. The fourth-order valence-electron chi connectivity index (χ4n) is 9.05. The molecule has 7 nitrogen and oxygen atoms in total. The summed E-state index contributed by atoms with van der Waals surface area (Å²) in [5, 5.41) is 3.07. The molecule has 1 heterocycles. The van der Waals surface area contributed by atoms with Gasteiger partial charge >= 0.3 is 5.97 Å². The molecule has 0 radical (unpaired) electrons. The summed E-state index contributed by atoms with van der Waals surface area (Å²) in [6.07, 6.45) is 12.4. The van der Waals surface area contributed by atoms with Gasteiger partial charge in [-0.25, -0.2) is 9.78 Å². The fourth-order valence-corrected chi connectivity index (χ4v) is 9.05. The van der Waals surface area contributed by atoms with Crippen LogP contribution in [0.2, 0.25) is 0 Å². The molecule has 34 heavy (non-hydrogen) atoms. The average Bonchev–Trinajstić information content (AvgIpc) is 3.36. The number of hydrogen-bond acceptors (Lipinski definition) is 5. The molecule has 2 N–H and O–H groups in total. The summed E-state index contributed by atoms with van der Waals surface area (Å²) in [6.45, 7) is 6.70. The molecule has 4 aliphatic rings. The summed E-state index contributed by atoms with van der Waals surface area (Å²) in [7, 11) is 1.36. The third-order valence-corrected chi connectivity index (χ3v) is 10.6. The van der Waals surface area contributed by atoms with Gasteiger partial charge in [0.15, 0.2) is 0 Å². The molecule has 7 atom stereocenters. The number of amides is 1. The summed E-state index contributed by atoms with van der Waals surface area (Å²) in [5.41, 5.74) is 0.274. The number of rotatable bonds is 5. The quantitative estimate of drug-likeness (QED) is 0.635. The van der Waals surface area contributed by atoms with Crippen LogP contribution in [0.1, 0.15) is 84.3 Å². The van der Waals surface area contributed by atoms with Gasteiger partial charge in [-0.15, -0.1) is 0 Å². The number of nitrogens with zero attached hydrogens (tertiary/aromatic N) is 1. The first-order valence-electron chi connectivity index (χ1n) is 13.0. The van der Waals surface area contributed by atoms with Gasteiger partial charge in [-0.1, -0.05) is 27.2 Å². The van der Waals surface area contributed by atoms with Crippen LogP contribution in [-0.4, -0.2) is 40.8 Å². The number of methoxy groups -OCH3 is 1. The third kappa shape index (κ3) is 3.36. The Bertz CT molecular complexity index is 992. The molecule has 4 fully saturated rings. The van der Waals surface area contributed by atoms with Crippen molar-refractivity contribution in [3.05, 3.63) is 18.2 Å². The smallest absolute Gasteiger partial charge is 0.328 e. The number of H-pyrrole nitrogens is 1. The Labute approximate surface area is 202 Å². The Morgan fingerprint density at radius 2 is 1.94 bits per heavy atom. The van der Waals surface area contributed by atoms with Crippen LogP contribution in [0.3, 0.4) is 0 Å². The highest BCUT2D eigenvalue weighted by molar-refractivity contribution is 5.89. The first-order chi connectivity index (χ1) is 16.1. The Hall–Kier alpha value is -2.18. The maximum Gasteiger partial charge on any atom is 0.328 e. The van der Waals surface area contributed by atoms with Crippen molar-refractivity contribution in [2.45, 2.75) is 91.0 Å². The van der Waals surface area contributed by atoms with Crippen LogP contribution in [0, 0.1) is 33.5 Å². The maximum atomic E-state index is 13.9. The summed E-state index contributed by atoms with van der Waals surface area (Å²) >= 11 is 0. The predicted octanol–water partition coefficient (Wildman–Crippen LogP) is 3.98. The van der Waals surface area contributed by atoms with Gasteiger partial charge in [0.1, 0.15) is 11.8 Å². The lowest BCUT2D eigenvalue weighted by molar-refractivity contribution is -0.171. The molecule has 4 aliphatic carbocycles. The maximum absolute atomic E-state index is 13.9. The normalized spacial score (nSPS) is 41.8. The molecular weight excluding hydrogens is 430 g/mol. The van der Waals surface area contributed by atoms with Crippen molar-refractivity contribution in [1.82, 2.24) is 15.3 Å². The molecule has 0 unspecified atom stereocenters. The molecule has 1 amide bonds. The van der Waals surface area contributed by atoms with Crippen molar-refractivity contribution < 1.29 is 19.1 Å². The number of ether oxygens (including phenoxy) is 1. The number of hydrogen-bond donors (Lipinski definition) is 2. The van der Waals surface area contributed by atoms with E-state index in [0.717, 1.165) is 63.5 Å². The highest BCUT2D eigenvalue weighted by Crippen LogP contribution is 2.72. The Balaban J connectivity index is 1.40. The molecule has 4 saturated carbocycles. The number of aromatic amines is 1. The topological polar surface area (TPSA) is 101 Å². The molecule has 5 rings (SSSR count). The molecule has 1 spiro atoms. The fraction of sp³-hybridized carbons (Fsp3) is 0.778. The second-order valence-electron chi connectivity index (χ2n) is 12.5. The number of carbonyl (C=O) groups excluding carboxylic acids is 3. The minimum Gasteiger partial charge on any atom is -0.467 e. The number of fused-ring (bicyclic) bond motifs is 3. The van der Waals surface area contributed by atoms with Crippen LogP contribution < -0.4 is 5.32 Å².